The summed E-state index contributed by atoms with van der Waals surface area (Å²) in [5.74, 6) is -0.137. The second-order valence-corrected chi connectivity index (χ2v) is 9.46. The minimum Gasteiger partial charge on any atom is -0.359 e. The second kappa shape index (κ2) is 8.04. The van der Waals surface area contributed by atoms with Gasteiger partial charge < -0.3 is 10.6 Å². The van der Waals surface area contributed by atoms with E-state index in [-0.39, 0.29) is 35.1 Å². The molecule has 1 aliphatic heterocycles. The monoisotopic (exact) mass is 421 g/mol. The summed E-state index contributed by atoms with van der Waals surface area (Å²) < 4.78 is 1.56. The molecule has 0 fully saturated rings. The van der Waals surface area contributed by atoms with Gasteiger partial charge in [-0.25, -0.2) is 9.97 Å². The highest BCUT2D eigenvalue weighted by Crippen LogP contribution is 2.28. The fourth-order valence-electron chi connectivity index (χ4n) is 2.66. The first kappa shape index (κ1) is 20.5. The van der Waals surface area contributed by atoms with Crippen molar-refractivity contribution in [3.05, 3.63) is 33.2 Å². The van der Waals surface area contributed by atoms with Gasteiger partial charge in [-0.3, -0.25) is 19.0 Å². The van der Waals surface area contributed by atoms with E-state index in [1.165, 1.54) is 23.1 Å². The average molecular weight is 422 g/mol. The quantitative estimate of drug-likeness (QED) is 0.727. The number of hydrogen-bond donors (Lipinski definition) is 2. The largest absolute Gasteiger partial charge is 0.359 e. The third-order valence-corrected chi connectivity index (χ3v) is 6.28. The predicted octanol–water partition coefficient (Wildman–Crippen LogP) is 1.65. The molecule has 3 heterocycles. The van der Waals surface area contributed by atoms with Gasteiger partial charge in [0.05, 0.1) is 23.7 Å². The SMILES string of the molecule is CNC(=O)Cc1csc(NC(=O)C2CSc3nc(C(C)(C)C)cc(=O)n3C2)n1. The molecule has 1 unspecified atom stereocenters. The Labute approximate surface area is 171 Å². The molecule has 2 N–H and O–H groups in total. The molecule has 10 heteroatoms. The number of nitrogens with zero attached hydrogens (tertiary/aromatic N) is 3. The molecule has 2 aromatic rings. The van der Waals surface area contributed by atoms with E-state index in [0.29, 0.717) is 28.3 Å². The first-order valence-electron chi connectivity index (χ1n) is 8.88. The van der Waals surface area contributed by atoms with Gasteiger partial charge in [-0.15, -0.1) is 11.3 Å². The molecule has 0 aromatic carbocycles. The van der Waals surface area contributed by atoms with Gasteiger partial charge in [-0.1, -0.05) is 32.5 Å². The molecular weight excluding hydrogens is 398 g/mol. The fourth-order valence-corrected chi connectivity index (χ4v) is 4.46. The summed E-state index contributed by atoms with van der Waals surface area (Å²) in [6.07, 6.45) is 0.173. The van der Waals surface area contributed by atoms with E-state index >= 15 is 0 Å². The van der Waals surface area contributed by atoms with E-state index < -0.39 is 0 Å². The molecule has 28 heavy (non-hydrogen) atoms. The number of hydrogen-bond acceptors (Lipinski definition) is 7. The zero-order valence-electron chi connectivity index (χ0n) is 16.2. The summed E-state index contributed by atoms with van der Waals surface area (Å²) in [6, 6.07) is 1.55. The molecule has 0 bridgehead atoms. The number of nitrogens with one attached hydrogen (secondary N) is 2. The minimum atomic E-state index is -0.358. The van der Waals surface area contributed by atoms with E-state index in [0.717, 1.165) is 5.69 Å². The van der Waals surface area contributed by atoms with Gasteiger partial charge in [0.25, 0.3) is 5.56 Å². The lowest BCUT2D eigenvalue weighted by Gasteiger charge is -2.26. The standard InChI is InChI=1S/C18H23N5O3S2/c1-18(2,3)12-6-14(25)23-7-10(8-28-17(23)21-12)15(26)22-16-20-11(9-27-16)5-13(24)19-4/h6,9-10H,5,7-8H2,1-4H3,(H,19,24)(H,20,22,26). The van der Waals surface area contributed by atoms with E-state index in [1.807, 2.05) is 20.8 Å². The van der Waals surface area contributed by atoms with Crippen LogP contribution in [0.5, 0.6) is 0 Å². The molecule has 1 atom stereocenters. The van der Waals surface area contributed by atoms with Crippen LogP contribution in [0.15, 0.2) is 21.4 Å². The van der Waals surface area contributed by atoms with Crippen molar-refractivity contribution in [1.82, 2.24) is 19.9 Å². The lowest BCUT2D eigenvalue weighted by atomic mass is 9.92. The van der Waals surface area contributed by atoms with Crippen molar-refractivity contribution >= 4 is 40.0 Å². The number of likely N-dealkylation sites (N-methyl/N-ethyl adjacent to an activating group) is 1. The Morgan fingerprint density at radius 2 is 2.07 bits per heavy atom. The van der Waals surface area contributed by atoms with Crippen LogP contribution >= 0.6 is 23.1 Å². The highest BCUT2D eigenvalue weighted by atomic mass is 32.2. The Hall–Kier alpha value is -2.20. The third-order valence-electron chi connectivity index (χ3n) is 4.33. The fraction of sp³-hybridized carbons (Fsp3) is 0.500. The van der Waals surface area contributed by atoms with Crippen molar-refractivity contribution in [2.75, 3.05) is 18.1 Å². The summed E-state index contributed by atoms with van der Waals surface area (Å²) in [7, 11) is 1.57. The number of carbonyl (C=O) groups excluding carboxylic acids is 2. The number of rotatable bonds is 4. The number of aromatic nitrogens is 3. The predicted molar refractivity (Wildman–Crippen MR) is 110 cm³/mol. The lowest BCUT2D eigenvalue weighted by Crippen LogP contribution is -2.37. The Morgan fingerprint density at radius 3 is 2.75 bits per heavy atom. The first-order valence-corrected chi connectivity index (χ1v) is 10.7. The molecule has 2 amide bonds. The third kappa shape index (κ3) is 4.61. The maximum absolute atomic E-state index is 12.6. The molecule has 150 valence electrons. The topological polar surface area (TPSA) is 106 Å². The normalized spacial score (nSPS) is 16.4. The lowest BCUT2D eigenvalue weighted by molar-refractivity contribution is -0.120. The van der Waals surface area contributed by atoms with Crippen LogP contribution in [0.1, 0.15) is 32.2 Å². The smallest absolute Gasteiger partial charge is 0.254 e. The van der Waals surface area contributed by atoms with Gasteiger partial charge in [0.2, 0.25) is 11.8 Å². The number of anilines is 1. The summed E-state index contributed by atoms with van der Waals surface area (Å²) in [5.41, 5.74) is 1.02. The van der Waals surface area contributed by atoms with Gasteiger partial charge in [0, 0.05) is 36.2 Å². The van der Waals surface area contributed by atoms with Crippen LogP contribution in [0, 0.1) is 5.92 Å². The minimum absolute atomic E-state index is 0.134. The molecule has 2 aromatic heterocycles. The highest BCUT2D eigenvalue weighted by Gasteiger charge is 2.29. The Morgan fingerprint density at radius 1 is 1.32 bits per heavy atom. The van der Waals surface area contributed by atoms with Crippen molar-refractivity contribution in [3.8, 4) is 0 Å². The van der Waals surface area contributed by atoms with Crippen LogP contribution in [0.25, 0.3) is 0 Å². The van der Waals surface area contributed by atoms with Crippen molar-refractivity contribution in [2.45, 2.75) is 44.3 Å². The van der Waals surface area contributed by atoms with Gasteiger partial charge in [-0.05, 0) is 0 Å². The van der Waals surface area contributed by atoms with Crippen LogP contribution in [-0.2, 0) is 28.0 Å². The van der Waals surface area contributed by atoms with Crippen LogP contribution in [0.3, 0.4) is 0 Å². The van der Waals surface area contributed by atoms with Crippen LogP contribution in [0.4, 0.5) is 5.13 Å². The molecule has 3 rings (SSSR count). The number of carbonyl (C=O) groups is 2. The first-order chi connectivity index (χ1) is 13.2. The van der Waals surface area contributed by atoms with E-state index in [2.05, 4.69) is 20.6 Å². The molecule has 0 aliphatic carbocycles. The molecule has 8 nitrogen and oxygen atoms in total. The maximum atomic E-state index is 12.6. The van der Waals surface area contributed by atoms with Crippen molar-refractivity contribution in [2.24, 2.45) is 5.92 Å². The molecule has 1 aliphatic rings. The van der Waals surface area contributed by atoms with E-state index in [1.54, 1.807) is 23.1 Å². The molecule has 0 radical (unpaired) electrons. The molecular formula is C18H23N5O3S2. The number of amides is 2. The highest BCUT2D eigenvalue weighted by molar-refractivity contribution is 7.99. The van der Waals surface area contributed by atoms with E-state index in [4.69, 9.17) is 0 Å². The number of fused-ring (bicyclic) bond motifs is 1. The zero-order valence-corrected chi connectivity index (χ0v) is 17.9. The molecule has 0 saturated heterocycles. The molecule has 0 spiro atoms. The van der Waals surface area contributed by atoms with Crippen molar-refractivity contribution in [1.29, 1.82) is 0 Å². The number of thioether (sulfide) groups is 1. The summed E-state index contributed by atoms with van der Waals surface area (Å²) >= 11 is 2.69. The zero-order chi connectivity index (χ0) is 20.5. The molecule has 0 saturated carbocycles. The van der Waals surface area contributed by atoms with Crippen molar-refractivity contribution < 1.29 is 9.59 Å². The Balaban J connectivity index is 1.69. The summed E-state index contributed by atoms with van der Waals surface area (Å²) in [6.45, 7) is 6.34. The summed E-state index contributed by atoms with van der Waals surface area (Å²) in [4.78, 5) is 45.5. The number of thiazole rings is 1. The van der Waals surface area contributed by atoms with Crippen LogP contribution in [-0.4, -0.2) is 39.1 Å². The average Bonchev–Trinajstić information content (AvgIpc) is 3.07. The van der Waals surface area contributed by atoms with Gasteiger partial charge in [0.1, 0.15) is 0 Å². The maximum Gasteiger partial charge on any atom is 0.254 e. The van der Waals surface area contributed by atoms with Crippen LogP contribution < -0.4 is 16.2 Å². The van der Waals surface area contributed by atoms with Gasteiger partial charge in [-0.2, -0.15) is 0 Å². The summed E-state index contributed by atoms with van der Waals surface area (Å²) in [5, 5.41) is 8.19. The second-order valence-electron chi connectivity index (χ2n) is 7.61. The Bertz CT molecular complexity index is 961. The van der Waals surface area contributed by atoms with Gasteiger partial charge in [0.15, 0.2) is 10.3 Å². The Kier molecular flexibility index (Phi) is 5.90. The van der Waals surface area contributed by atoms with E-state index in [9.17, 15) is 14.4 Å². The van der Waals surface area contributed by atoms with Crippen molar-refractivity contribution in [3.63, 3.8) is 0 Å². The van der Waals surface area contributed by atoms with Crippen LogP contribution in [0.2, 0.25) is 0 Å². The van der Waals surface area contributed by atoms with Gasteiger partial charge >= 0.3 is 0 Å².